The van der Waals surface area contributed by atoms with E-state index < -0.39 is 11.7 Å². The van der Waals surface area contributed by atoms with Gasteiger partial charge in [0.2, 0.25) is 5.91 Å². The topological polar surface area (TPSA) is 53.6 Å². The Balaban J connectivity index is 1.82. The van der Waals surface area contributed by atoms with Gasteiger partial charge < -0.3 is 10.2 Å². The van der Waals surface area contributed by atoms with E-state index in [2.05, 4.69) is 24.6 Å². The van der Waals surface area contributed by atoms with Crippen molar-refractivity contribution in [1.82, 2.24) is 15.7 Å². The van der Waals surface area contributed by atoms with Crippen molar-refractivity contribution in [2.75, 3.05) is 20.1 Å². The Morgan fingerprint density at radius 2 is 2.07 bits per heavy atom. The zero-order valence-electron chi connectivity index (χ0n) is 16.5. The smallest absolute Gasteiger partial charge is 0.337 e. The van der Waals surface area contributed by atoms with Crippen LogP contribution in [0.3, 0.4) is 0 Å². The first-order valence-corrected chi connectivity index (χ1v) is 9.39. The molecule has 1 atom stereocenters. The van der Waals surface area contributed by atoms with E-state index >= 15 is 0 Å². The van der Waals surface area contributed by atoms with Crippen molar-refractivity contribution in [2.24, 2.45) is 5.92 Å². The summed E-state index contributed by atoms with van der Waals surface area (Å²) in [4.78, 5) is 19.7. The molecule has 0 radical (unpaired) electrons. The Hall–Kier alpha value is -2.06. The number of carbonyl (C=O) groups excluding carboxylic acids is 1. The molecule has 0 aromatic heterocycles. The van der Waals surface area contributed by atoms with E-state index in [1.165, 1.54) is 6.07 Å². The summed E-state index contributed by atoms with van der Waals surface area (Å²) in [5.74, 6) is 0.500. The Morgan fingerprint density at radius 3 is 2.64 bits per heavy atom. The normalized spacial score (nSPS) is 16.1. The molecule has 0 unspecified atom stereocenters. The second kappa shape index (κ2) is 9.93. The highest BCUT2D eigenvalue weighted by Gasteiger charge is 2.30. The summed E-state index contributed by atoms with van der Waals surface area (Å²) in [6.45, 7) is 5.22. The lowest BCUT2D eigenvalue weighted by molar-refractivity contribution is -0.137. The third kappa shape index (κ3) is 6.53. The van der Waals surface area contributed by atoms with Gasteiger partial charge in [-0.2, -0.15) is 13.2 Å². The predicted octanol–water partition coefficient (Wildman–Crippen LogP) is 3.48. The van der Waals surface area contributed by atoms with Crippen LogP contribution in [0.1, 0.15) is 37.8 Å². The minimum Gasteiger partial charge on any atom is -0.337 e. The summed E-state index contributed by atoms with van der Waals surface area (Å²) in [7, 11) is 1.79. The molecule has 0 spiro atoms. The molecule has 0 aliphatic carbocycles. The molecule has 1 aromatic carbocycles. The van der Waals surface area contributed by atoms with Gasteiger partial charge in [0.05, 0.1) is 18.2 Å². The summed E-state index contributed by atoms with van der Waals surface area (Å²) in [5, 5.41) is 3.08. The van der Waals surface area contributed by atoms with Gasteiger partial charge in [-0.15, -0.1) is 0 Å². The Kier molecular flexibility index (Phi) is 7.88. The number of carbonyl (C=O) groups is 1. The zero-order chi connectivity index (χ0) is 20.7. The number of nitrogens with zero attached hydrogens (tertiary/aromatic N) is 1. The summed E-state index contributed by atoms with van der Waals surface area (Å²) in [5.41, 5.74) is 3.35. The van der Waals surface area contributed by atoms with Crippen molar-refractivity contribution < 1.29 is 22.8 Å². The summed E-state index contributed by atoms with van der Waals surface area (Å²) in [6, 6.07) is 4.85. The molecule has 156 valence electrons. The molecule has 8 heteroatoms. The van der Waals surface area contributed by atoms with Crippen LogP contribution in [0, 0.1) is 5.92 Å². The van der Waals surface area contributed by atoms with Crippen LogP contribution >= 0.6 is 0 Å². The fourth-order valence-electron chi connectivity index (χ4n) is 3.05. The number of benzene rings is 1. The van der Waals surface area contributed by atoms with Crippen molar-refractivity contribution in [3.8, 4) is 0 Å². The molecule has 5 nitrogen and oxygen atoms in total. The molecule has 2 rings (SSSR count). The lowest BCUT2D eigenvalue weighted by Gasteiger charge is -2.30. The number of hydroxylamine groups is 1. The minimum atomic E-state index is -4.37. The molecule has 2 N–H and O–H groups in total. The number of halogens is 3. The van der Waals surface area contributed by atoms with Gasteiger partial charge in [0, 0.05) is 25.2 Å². The molecule has 1 amide bonds. The maximum Gasteiger partial charge on any atom is 0.416 e. The number of nitrogens with one attached hydrogen (secondary N) is 2. The molecule has 28 heavy (non-hydrogen) atoms. The molecule has 1 aromatic rings. The SMILES string of the molecule is CN[C@@H](CC(C)C)C(=O)N1CC=C(NOCc2cccc(C(F)(F)F)c2)CC1. The van der Waals surface area contributed by atoms with Crippen LogP contribution in [-0.4, -0.2) is 37.0 Å². The predicted molar refractivity (Wildman–Crippen MR) is 101 cm³/mol. The van der Waals surface area contributed by atoms with Gasteiger partial charge in [-0.3, -0.25) is 15.1 Å². The van der Waals surface area contributed by atoms with Crippen molar-refractivity contribution in [2.45, 2.75) is 45.5 Å². The Bertz CT molecular complexity index is 690. The first-order valence-electron chi connectivity index (χ1n) is 9.39. The van der Waals surface area contributed by atoms with Crippen LogP contribution in [0.25, 0.3) is 0 Å². The molecule has 1 aliphatic heterocycles. The molecule has 0 fully saturated rings. The van der Waals surface area contributed by atoms with Crippen LogP contribution in [0.15, 0.2) is 36.0 Å². The lowest BCUT2D eigenvalue weighted by Crippen LogP contribution is -2.47. The number of likely N-dealkylation sites (N-methyl/N-ethyl adjacent to an activating group) is 1. The van der Waals surface area contributed by atoms with Gasteiger partial charge in [-0.25, -0.2) is 0 Å². The van der Waals surface area contributed by atoms with E-state index in [9.17, 15) is 18.0 Å². The summed E-state index contributed by atoms with van der Waals surface area (Å²) < 4.78 is 38.2. The number of rotatable bonds is 8. The summed E-state index contributed by atoms with van der Waals surface area (Å²) in [6.07, 6.45) is -1.12. The largest absolute Gasteiger partial charge is 0.416 e. The minimum absolute atomic E-state index is 0.0140. The third-order valence-electron chi connectivity index (χ3n) is 4.57. The Morgan fingerprint density at radius 1 is 1.32 bits per heavy atom. The molecule has 1 heterocycles. The van der Waals surface area contributed by atoms with E-state index in [0.717, 1.165) is 24.3 Å². The van der Waals surface area contributed by atoms with Gasteiger partial charge >= 0.3 is 6.18 Å². The standard InChI is InChI=1S/C20H28F3N3O2/c1-14(2)11-18(24-3)19(27)26-9-7-17(8-10-26)25-28-13-15-5-4-6-16(12-15)20(21,22)23/h4-7,12,14,18,24-25H,8-11,13H2,1-3H3/t18-/m0/s1. The number of hydrogen-bond donors (Lipinski definition) is 2. The Labute approximate surface area is 163 Å². The van der Waals surface area contributed by atoms with Gasteiger partial charge in [0.1, 0.15) is 0 Å². The van der Waals surface area contributed by atoms with E-state index in [4.69, 9.17) is 4.84 Å². The molecular formula is C20H28F3N3O2. The van der Waals surface area contributed by atoms with Gasteiger partial charge in [-0.1, -0.05) is 26.0 Å². The third-order valence-corrected chi connectivity index (χ3v) is 4.57. The van der Waals surface area contributed by atoms with Crippen molar-refractivity contribution in [3.63, 3.8) is 0 Å². The molecular weight excluding hydrogens is 371 g/mol. The lowest BCUT2D eigenvalue weighted by atomic mass is 10.0. The highest BCUT2D eigenvalue weighted by molar-refractivity contribution is 5.82. The average Bonchev–Trinajstić information content (AvgIpc) is 2.65. The van der Waals surface area contributed by atoms with Gasteiger partial charge in [0.15, 0.2) is 0 Å². The van der Waals surface area contributed by atoms with E-state index in [0.29, 0.717) is 31.0 Å². The van der Waals surface area contributed by atoms with Crippen LogP contribution in [0.5, 0.6) is 0 Å². The quantitative estimate of drug-likeness (QED) is 0.658. The fraction of sp³-hybridized carbons (Fsp3) is 0.550. The first kappa shape index (κ1) is 22.2. The fourth-order valence-corrected chi connectivity index (χ4v) is 3.05. The first-order chi connectivity index (χ1) is 13.2. The van der Waals surface area contributed by atoms with Crippen LogP contribution in [0.4, 0.5) is 13.2 Å². The number of hydrogen-bond acceptors (Lipinski definition) is 4. The molecule has 0 saturated heterocycles. The van der Waals surface area contributed by atoms with Crippen molar-refractivity contribution in [1.29, 1.82) is 0 Å². The maximum absolute atomic E-state index is 12.7. The average molecular weight is 399 g/mol. The van der Waals surface area contributed by atoms with Crippen LogP contribution < -0.4 is 10.8 Å². The number of alkyl halides is 3. The van der Waals surface area contributed by atoms with E-state index in [1.54, 1.807) is 18.0 Å². The van der Waals surface area contributed by atoms with E-state index in [1.807, 2.05) is 6.08 Å². The summed E-state index contributed by atoms with van der Waals surface area (Å²) >= 11 is 0. The van der Waals surface area contributed by atoms with Crippen LogP contribution in [0.2, 0.25) is 0 Å². The van der Waals surface area contributed by atoms with Gasteiger partial charge in [-0.05, 0) is 43.2 Å². The highest BCUT2D eigenvalue weighted by atomic mass is 19.4. The molecule has 0 bridgehead atoms. The van der Waals surface area contributed by atoms with E-state index in [-0.39, 0.29) is 18.6 Å². The molecule has 0 saturated carbocycles. The second-order valence-corrected chi connectivity index (χ2v) is 7.32. The van der Waals surface area contributed by atoms with Crippen molar-refractivity contribution in [3.05, 3.63) is 47.2 Å². The highest BCUT2D eigenvalue weighted by Crippen LogP contribution is 2.29. The second-order valence-electron chi connectivity index (χ2n) is 7.32. The molecule has 1 aliphatic rings. The zero-order valence-corrected chi connectivity index (χ0v) is 16.5. The maximum atomic E-state index is 12.7. The van der Waals surface area contributed by atoms with Gasteiger partial charge in [0.25, 0.3) is 0 Å². The van der Waals surface area contributed by atoms with Crippen molar-refractivity contribution >= 4 is 5.91 Å². The number of amides is 1. The van der Waals surface area contributed by atoms with Crippen LogP contribution in [-0.2, 0) is 22.4 Å². The monoisotopic (exact) mass is 399 g/mol.